The van der Waals surface area contributed by atoms with E-state index in [1.165, 1.54) is 11.3 Å². The van der Waals surface area contributed by atoms with Crippen LogP contribution in [0, 0.1) is 5.92 Å². The molecule has 2 aromatic heterocycles. The summed E-state index contributed by atoms with van der Waals surface area (Å²) in [4.78, 5) is 5.43. The van der Waals surface area contributed by atoms with Gasteiger partial charge in [0.05, 0.1) is 18.0 Å². The van der Waals surface area contributed by atoms with Crippen LogP contribution in [0.15, 0.2) is 30.5 Å². The van der Waals surface area contributed by atoms with Crippen molar-refractivity contribution in [2.24, 2.45) is 5.92 Å². The first-order valence-corrected chi connectivity index (χ1v) is 8.76. The smallest absolute Gasteiger partial charge is 0.214 e. The summed E-state index contributed by atoms with van der Waals surface area (Å²) < 4.78 is 1.77. The molecule has 1 unspecified atom stereocenters. The van der Waals surface area contributed by atoms with Gasteiger partial charge in [0.1, 0.15) is 0 Å². The lowest BCUT2D eigenvalue weighted by Crippen LogP contribution is -2.18. The number of nitrogens with zero attached hydrogens (tertiary/aromatic N) is 3. The van der Waals surface area contributed by atoms with E-state index in [4.69, 9.17) is 11.6 Å². The Kier molecular flexibility index (Phi) is 4.84. The Hall–Kier alpha value is -1.63. The molecule has 7 heteroatoms. The lowest BCUT2D eigenvalue weighted by atomic mass is 10.0. The molecule has 0 aliphatic rings. The van der Waals surface area contributed by atoms with Gasteiger partial charge in [-0.3, -0.25) is 0 Å². The van der Waals surface area contributed by atoms with Crippen LogP contribution in [0.4, 0.5) is 5.13 Å². The highest BCUT2D eigenvalue weighted by Gasteiger charge is 2.11. The van der Waals surface area contributed by atoms with Crippen molar-refractivity contribution in [3.8, 4) is 11.3 Å². The van der Waals surface area contributed by atoms with Crippen LogP contribution in [-0.4, -0.2) is 32.4 Å². The molecule has 5 nitrogen and oxygen atoms in total. The van der Waals surface area contributed by atoms with E-state index in [0.29, 0.717) is 18.0 Å². The van der Waals surface area contributed by atoms with Gasteiger partial charge in [0.25, 0.3) is 0 Å². The van der Waals surface area contributed by atoms with Gasteiger partial charge in [0.15, 0.2) is 0 Å². The zero-order valence-electron chi connectivity index (χ0n) is 13.0. The number of nitrogens with one attached hydrogen (secondary N) is 1. The molecule has 3 aromatic rings. The minimum absolute atomic E-state index is 0.271. The second kappa shape index (κ2) is 6.86. The summed E-state index contributed by atoms with van der Waals surface area (Å²) in [5, 5.41) is 19.0. The van der Waals surface area contributed by atoms with Crippen LogP contribution in [0.5, 0.6) is 0 Å². The van der Waals surface area contributed by atoms with Crippen molar-refractivity contribution >= 4 is 33.0 Å². The number of rotatable bonds is 6. The van der Waals surface area contributed by atoms with Crippen LogP contribution in [0.25, 0.3) is 16.2 Å². The summed E-state index contributed by atoms with van der Waals surface area (Å²) >= 11 is 7.40. The first-order chi connectivity index (χ1) is 11.0. The predicted molar refractivity (Wildman–Crippen MR) is 95.3 cm³/mol. The topological polar surface area (TPSA) is 62.5 Å². The van der Waals surface area contributed by atoms with E-state index in [2.05, 4.69) is 15.4 Å². The van der Waals surface area contributed by atoms with E-state index in [9.17, 15) is 5.11 Å². The van der Waals surface area contributed by atoms with Crippen LogP contribution < -0.4 is 5.32 Å². The van der Waals surface area contributed by atoms with Crippen molar-refractivity contribution in [3.63, 3.8) is 0 Å². The van der Waals surface area contributed by atoms with E-state index < -0.39 is 0 Å². The van der Waals surface area contributed by atoms with Crippen molar-refractivity contribution in [1.82, 2.24) is 14.6 Å². The summed E-state index contributed by atoms with van der Waals surface area (Å²) in [6.45, 7) is 4.72. The normalized spacial score (nSPS) is 12.9. The molecule has 0 saturated heterocycles. The zero-order chi connectivity index (χ0) is 16.4. The number of aliphatic hydroxyl groups is 1. The van der Waals surface area contributed by atoms with Crippen molar-refractivity contribution in [3.05, 3.63) is 35.5 Å². The Morgan fingerprint density at radius 1 is 1.30 bits per heavy atom. The Morgan fingerprint density at radius 3 is 2.70 bits per heavy atom. The maximum absolute atomic E-state index is 9.80. The molecule has 2 heterocycles. The van der Waals surface area contributed by atoms with E-state index >= 15 is 0 Å². The van der Waals surface area contributed by atoms with E-state index in [-0.39, 0.29) is 12.0 Å². The van der Waals surface area contributed by atoms with Gasteiger partial charge in [-0.15, -0.1) is 5.10 Å². The van der Waals surface area contributed by atoms with Gasteiger partial charge in [-0.25, -0.2) is 9.50 Å². The number of hydrogen-bond donors (Lipinski definition) is 2. The Morgan fingerprint density at radius 2 is 2.04 bits per heavy atom. The molecule has 0 aliphatic heterocycles. The van der Waals surface area contributed by atoms with Crippen LogP contribution in [0.2, 0.25) is 5.02 Å². The molecule has 1 aromatic carbocycles. The molecule has 0 aliphatic carbocycles. The molecule has 0 saturated carbocycles. The van der Waals surface area contributed by atoms with Gasteiger partial charge in [-0.05, 0) is 24.5 Å². The summed E-state index contributed by atoms with van der Waals surface area (Å²) in [6.07, 6.45) is 2.32. The first-order valence-electron chi connectivity index (χ1n) is 7.57. The van der Waals surface area contributed by atoms with Gasteiger partial charge in [-0.2, -0.15) is 0 Å². The number of hydrogen-bond acceptors (Lipinski definition) is 5. The van der Waals surface area contributed by atoms with Gasteiger partial charge in [0.2, 0.25) is 10.1 Å². The lowest BCUT2D eigenvalue weighted by Gasteiger charge is -2.13. The summed E-state index contributed by atoms with van der Waals surface area (Å²) in [5.74, 6) is 0.271. The molecular weight excluding hydrogens is 332 g/mol. The van der Waals surface area contributed by atoms with Gasteiger partial charge in [-0.1, -0.05) is 48.9 Å². The van der Waals surface area contributed by atoms with Crippen molar-refractivity contribution in [1.29, 1.82) is 0 Å². The van der Waals surface area contributed by atoms with E-state index in [0.717, 1.165) is 21.3 Å². The van der Waals surface area contributed by atoms with E-state index in [1.807, 2.05) is 44.3 Å². The molecule has 3 rings (SSSR count). The molecule has 0 amide bonds. The Balaban J connectivity index is 1.67. The van der Waals surface area contributed by atoms with Crippen molar-refractivity contribution in [2.75, 3.05) is 11.9 Å². The third kappa shape index (κ3) is 3.83. The van der Waals surface area contributed by atoms with Gasteiger partial charge in [0, 0.05) is 17.1 Å². The van der Waals surface area contributed by atoms with Crippen LogP contribution in [0.1, 0.15) is 20.3 Å². The molecule has 0 radical (unpaired) electrons. The zero-order valence-corrected chi connectivity index (χ0v) is 14.6. The monoisotopic (exact) mass is 350 g/mol. The number of aliphatic hydroxyl groups excluding tert-OH is 1. The summed E-state index contributed by atoms with van der Waals surface area (Å²) in [7, 11) is 0. The number of aromatic nitrogens is 3. The fourth-order valence-corrected chi connectivity index (χ4v) is 3.12. The SMILES string of the molecule is CC(C)C(O)CCNc1nn2cc(-c3ccc(Cl)cc3)nc2s1. The molecule has 2 N–H and O–H groups in total. The number of halogens is 1. The standard InChI is InChI=1S/C16H19ClN4OS/c1-10(2)14(22)7-8-18-15-20-21-9-13(19-16(21)23-15)11-3-5-12(17)6-4-11/h3-6,9-10,14,22H,7-8H2,1-2H3,(H,18,20). The second-order valence-electron chi connectivity index (χ2n) is 5.79. The minimum atomic E-state index is -0.289. The average molecular weight is 351 g/mol. The van der Waals surface area contributed by atoms with Crippen LogP contribution >= 0.6 is 22.9 Å². The number of fused-ring (bicyclic) bond motifs is 1. The lowest BCUT2D eigenvalue weighted by molar-refractivity contribution is 0.120. The fraction of sp³-hybridized carbons (Fsp3) is 0.375. The maximum Gasteiger partial charge on any atom is 0.214 e. The van der Waals surface area contributed by atoms with Crippen LogP contribution in [-0.2, 0) is 0 Å². The molecule has 122 valence electrons. The fourth-order valence-electron chi connectivity index (χ4n) is 2.19. The molecule has 23 heavy (non-hydrogen) atoms. The maximum atomic E-state index is 9.80. The quantitative estimate of drug-likeness (QED) is 0.707. The average Bonchev–Trinajstić information content (AvgIpc) is 3.06. The Labute approximate surface area is 143 Å². The number of imidazole rings is 1. The highest BCUT2D eigenvalue weighted by molar-refractivity contribution is 7.20. The molecule has 0 spiro atoms. The molecular formula is C16H19ClN4OS. The third-order valence-electron chi connectivity index (χ3n) is 3.67. The Bertz CT molecular complexity index is 750. The molecule has 0 bridgehead atoms. The van der Waals surface area contributed by atoms with Crippen molar-refractivity contribution in [2.45, 2.75) is 26.4 Å². The summed E-state index contributed by atoms with van der Waals surface area (Å²) in [6, 6.07) is 7.60. The second-order valence-corrected chi connectivity index (χ2v) is 7.19. The minimum Gasteiger partial charge on any atom is -0.393 e. The summed E-state index contributed by atoms with van der Waals surface area (Å²) in [5.41, 5.74) is 1.89. The first kappa shape index (κ1) is 16.2. The van der Waals surface area contributed by atoms with E-state index in [1.54, 1.807) is 4.52 Å². The molecule has 0 fully saturated rings. The third-order valence-corrected chi connectivity index (χ3v) is 4.80. The van der Waals surface area contributed by atoms with Gasteiger partial charge >= 0.3 is 0 Å². The predicted octanol–water partition coefficient (Wildman–Crippen LogP) is 3.93. The van der Waals surface area contributed by atoms with Crippen molar-refractivity contribution < 1.29 is 5.11 Å². The number of benzene rings is 1. The highest BCUT2D eigenvalue weighted by atomic mass is 35.5. The number of anilines is 1. The van der Waals surface area contributed by atoms with Crippen LogP contribution in [0.3, 0.4) is 0 Å². The van der Waals surface area contributed by atoms with Gasteiger partial charge < -0.3 is 10.4 Å². The molecule has 1 atom stereocenters. The largest absolute Gasteiger partial charge is 0.393 e. The highest BCUT2D eigenvalue weighted by Crippen LogP contribution is 2.25.